The maximum Gasteiger partial charge on any atom is 0.227 e. The molecule has 1 aromatic carbocycles. The first-order valence-corrected chi connectivity index (χ1v) is 10.2. The van der Waals surface area contributed by atoms with Crippen LogP contribution >= 0.6 is 0 Å². The van der Waals surface area contributed by atoms with Gasteiger partial charge < -0.3 is 14.4 Å². The van der Waals surface area contributed by atoms with E-state index in [1.54, 1.807) is 7.11 Å². The van der Waals surface area contributed by atoms with Crippen molar-refractivity contribution in [1.29, 1.82) is 0 Å². The van der Waals surface area contributed by atoms with E-state index in [9.17, 15) is 13.2 Å². The van der Waals surface area contributed by atoms with E-state index in [4.69, 9.17) is 9.47 Å². The van der Waals surface area contributed by atoms with Gasteiger partial charge in [-0.25, -0.2) is 13.1 Å². The lowest BCUT2D eigenvalue weighted by molar-refractivity contribution is -0.130. The smallest absolute Gasteiger partial charge is 0.227 e. The minimum atomic E-state index is -3.22. The number of rotatable bonds is 6. The van der Waals surface area contributed by atoms with Gasteiger partial charge >= 0.3 is 0 Å². The summed E-state index contributed by atoms with van der Waals surface area (Å²) in [7, 11) is -1.61. The Labute approximate surface area is 148 Å². The van der Waals surface area contributed by atoms with Crippen molar-refractivity contribution >= 4 is 15.9 Å². The number of nitrogens with zero attached hydrogens (tertiary/aromatic N) is 1. The molecule has 0 aliphatic carbocycles. The fourth-order valence-electron chi connectivity index (χ4n) is 3.54. The van der Waals surface area contributed by atoms with Crippen molar-refractivity contribution < 1.29 is 22.7 Å². The minimum Gasteiger partial charge on any atom is -0.497 e. The molecule has 1 N–H and O–H groups in total. The van der Waals surface area contributed by atoms with Gasteiger partial charge in [0.05, 0.1) is 32.5 Å². The average molecular weight is 368 g/mol. The Morgan fingerprint density at radius 2 is 2.20 bits per heavy atom. The zero-order valence-electron chi connectivity index (χ0n) is 14.5. The van der Waals surface area contributed by atoms with E-state index in [1.807, 2.05) is 29.2 Å². The van der Waals surface area contributed by atoms with E-state index < -0.39 is 10.0 Å². The number of carbonyl (C=O) groups is 1. The summed E-state index contributed by atoms with van der Waals surface area (Å²) in [4.78, 5) is 14.4. The first-order valence-electron chi connectivity index (χ1n) is 8.32. The molecule has 138 valence electrons. The number of carbonyl (C=O) groups excluding carboxylic acids is 1. The summed E-state index contributed by atoms with van der Waals surface area (Å²) < 4.78 is 36.1. The molecule has 2 heterocycles. The van der Waals surface area contributed by atoms with Crippen LogP contribution in [0.15, 0.2) is 24.3 Å². The first kappa shape index (κ1) is 18.2. The van der Waals surface area contributed by atoms with Crippen molar-refractivity contribution in [3.05, 3.63) is 29.8 Å². The summed E-state index contributed by atoms with van der Waals surface area (Å²) in [5, 5.41) is 0. The number of methoxy groups -OCH3 is 1. The molecule has 3 atom stereocenters. The van der Waals surface area contributed by atoms with Crippen molar-refractivity contribution in [2.45, 2.75) is 12.5 Å². The van der Waals surface area contributed by atoms with Crippen LogP contribution in [0, 0.1) is 11.8 Å². The molecule has 2 fully saturated rings. The van der Waals surface area contributed by atoms with Crippen LogP contribution in [0.1, 0.15) is 5.56 Å². The van der Waals surface area contributed by atoms with E-state index in [1.165, 1.54) is 0 Å². The fourth-order valence-corrected chi connectivity index (χ4v) is 4.06. The largest absolute Gasteiger partial charge is 0.497 e. The lowest BCUT2D eigenvalue weighted by Crippen LogP contribution is -2.35. The standard InChI is InChI=1S/C17H24N2O5S/c1-23-14-5-3-4-12(6-14)7-17(20)19-9-15-13(8-18-25(2,21)22)11-24-16(15)10-19/h3-6,13,15-16,18H,7-11H2,1-2H3/t13-,15-,16-/m0/s1. The van der Waals surface area contributed by atoms with Crippen LogP contribution in [0.5, 0.6) is 5.75 Å². The van der Waals surface area contributed by atoms with Gasteiger partial charge in [0, 0.05) is 31.5 Å². The molecule has 2 aliphatic heterocycles. The van der Waals surface area contributed by atoms with Crippen LogP contribution in [0.4, 0.5) is 0 Å². The summed E-state index contributed by atoms with van der Waals surface area (Å²) in [5.74, 6) is 1.08. The Hall–Kier alpha value is -1.64. The predicted molar refractivity (Wildman–Crippen MR) is 92.8 cm³/mol. The lowest BCUT2D eigenvalue weighted by atomic mass is 9.93. The third-order valence-electron chi connectivity index (χ3n) is 4.89. The SMILES string of the molecule is COc1cccc(CC(=O)N2C[C@H]3[C@@H](CNS(C)(=O)=O)CO[C@H]3C2)c1. The molecule has 0 aromatic heterocycles. The zero-order valence-corrected chi connectivity index (χ0v) is 15.3. The van der Waals surface area contributed by atoms with E-state index in [0.717, 1.165) is 17.6 Å². The van der Waals surface area contributed by atoms with Crippen molar-refractivity contribution in [1.82, 2.24) is 9.62 Å². The van der Waals surface area contributed by atoms with Crippen LogP contribution < -0.4 is 9.46 Å². The van der Waals surface area contributed by atoms with E-state index in [-0.39, 0.29) is 23.8 Å². The Kier molecular flexibility index (Phi) is 5.31. The number of hydrogen-bond donors (Lipinski definition) is 1. The summed E-state index contributed by atoms with van der Waals surface area (Å²) in [6.07, 6.45) is 1.47. The summed E-state index contributed by atoms with van der Waals surface area (Å²) in [6.45, 7) is 2.08. The van der Waals surface area contributed by atoms with Gasteiger partial charge in [-0.3, -0.25) is 4.79 Å². The fraction of sp³-hybridized carbons (Fsp3) is 0.588. The predicted octanol–water partition coefficient (Wildman–Crippen LogP) is 0.260. The van der Waals surface area contributed by atoms with Gasteiger partial charge in [-0.2, -0.15) is 0 Å². The number of amides is 1. The van der Waals surface area contributed by atoms with E-state index in [0.29, 0.717) is 32.7 Å². The third kappa shape index (κ3) is 4.50. The number of likely N-dealkylation sites (tertiary alicyclic amines) is 1. The second kappa shape index (κ2) is 7.31. The molecule has 0 bridgehead atoms. The van der Waals surface area contributed by atoms with Gasteiger partial charge in [0.25, 0.3) is 0 Å². The van der Waals surface area contributed by atoms with Gasteiger partial charge in [0.2, 0.25) is 15.9 Å². The Morgan fingerprint density at radius 3 is 2.92 bits per heavy atom. The number of ether oxygens (including phenoxy) is 2. The molecule has 3 rings (SSSR count). The monoisotopic (exact) mass is 368 g/mol. The first-order chi connectivity index (χ1) is 11.9. The highest BCUT2D eigenvalue weighted by atomic mass is 32.2. The van der Waals surface area contributed by atoms with E-state index >= 15 is 0 Å². The number of sulfonamides is 1. The van der Waals surface area contributed by atoms with Crippen LogP contribution in [-0.4, -0.2) is 64.9 Å². The van der Waals surface area contributed by atoms with Gasteiger partial charge in [-0.15, -0.1) is 0 Å². The number of hydrogen-bond acceptors (Lipinski definition) is 5. The van der Waals surface area contributed by atoms with Gasteiger partial charge in [0.1, 0.15) is 5.75 Å². The molecule has 25 heavy (non-hydrogen) atoms. The van der Waals surface area contributed by atoms with Crippen molar-refractivity contribution in [2.75, 3.05) is 39.6 Å². The Bertz CT molecular complexity index is 736. The molecule has 8 heteroatoms. The molecule has 1 aromatic rings. The maximum absolute atomic E-state index is 12.6. The molecule has 1 amide bonds. The van der Waals surface area contributed by atoms with Crippen LogP contribution in [0.25, 0.3) is 0 Å². The maximum atomic E-state index is 12.6. The Morgan fingerprint density at radius 1 is 1.40 bits per heavy atom. The summed E-state index contributed by atoms with van der Waals surface area (Å²) >= 11 is 0. The van der Waals surface area contributed by atoms with Gasteiger partial charge in [-0.1, -0.05) is 12.1 Å². The normalized spacial score (nSPS) is 25.8. The van der Waals surface area contributed by atoms with Crippen LogP contribution in [0.2, 0.25) is 0 Å². The van der Waals surface area contributed by atoms with Crippen molar-refractivity contribution in [3.8, 4) is 5.75 Å². The Balaban J connectivity index is 1.57. The molecule has 0 spiro atoms. The zero-order chi connectivity index (χ0) is 18.0. The molecule has 7 nitrogen and oxygen atoms in total. The van der Waals surface area contributed by atoms with Crippen molar-refractivity contribution in [2.24, 2.45) is 11.8 Å². The van der Waals surface area contributed by atoms with Crippen LogP contribution in [0.3, 0.4) is 0 Å². The number of fused-ring (bicyclic) bond motifs is 1. The molecule has 0 unspecified atom stereocenters. The van der Waals surface area contributed by atoms with Gasteiger partial charge in [-0.05, 0) is 17.7 Å². The highest BCUT2D eigenvalue weighted by Gasteiger charge is 2.45. The molecular weight excluding hydrogens is 344 g/mol. The average Bonchev–Trinajstić information content (AvgIpc) is 3.13. The molecular formula is C17H24N2O5S. The lowest BCUT2D eigenvalue weighted by Gasteiger charge is -2.20. The summed E-state index contributed by atoms with van der Waals surface area (Å²) in [5.41, 5.74) is 0.914. The highest BCUT2D eigenvalue weighted by Crippen LogP contribution is 2.33. The molecule has 2 aliphatic rings. The van der Waals surface area contributed by atoms with Crippen LogP contribution in [-0.2, 0) is 26.0 Å². The van der Waals surface area contributed by atoms with E-state index in [2.05, 4.69) is 4.72 Å². The minimum absolute atomic E-state index is 0.000574. The third-order valence-corrected chi connectivity index (χ3v) is 5.58. The molecule has 0 radical (unpaired) electrons. The van der Waals surface area contributed by atoms with Crippen molar-refractivity contribution in [3.63, 3.8) is 0 Å². The summed E-state index contributed by atoms with van der Waals surface area (Å²) in [6, 6.07) is 7.49. The number of benzene rings is 1. The quantitative estimate of drug-likeness (QED) is 0.779. The second-order valence-electron chi connectivity index (χ2n) is 6.74. The molecule has 0 saturated carbocycles. The highest BCUT2D eigenvalue weighted by molar-refractivity contribution is 7.88. The topological polar surface area (TPSA) is 84.9 Å². The van der Waals surface area contributed by atoms with Gasteiger partial charge in [0.15, 0.2) is 0 Å². The second-order valence-corrected chi connectivity index (χ2v) is 8.58. The number of nitrogens with one attached hydrogen (secondary N) is 1. The molecule has 2 saturated heterocycles.